The molecule has 0 radical (unpaired) electrons. The van der Waals surface area contributed by atoms with E-state index in [0.717, 1.165) is 18.8 Å². The largest absolute Gasteiger partial charge is 0.397 e. The predicted molar refractivity (Wildman–Crippen MR) is 71.0 cm³/mol. The van der Waals surface area contributed by atoms with E-state index in [1.165, 1.54) is 42.5 Å². The SMILES string of the molecule is Cc1cc(C)c(N2CCCCCC2)c(N)c1. The Morgan fingerprint density at radius 2 is 1.62 bits per heavy atom. The van der Waals surface area contributed by atoms with Crippen LogP contribution in [0.15, 0.2) is 12.1 Å². The van der Waals surface area contributed by atoms with Gasteiger partial charge in [0, 0.05) is 13.1 Å². The van der Waals surface area contributed by atoms with Crippen LogP contribution in [0.4, 0.5) is 11.4 Å². The molecule has 2 heteroatoms. The first kappa shape index (κ1) is 11.3. The van der Waals surface area contributed by atoms with Gasteiger partial charge in [-0.15, -0.1) is 0 Å². The lowest BCUT2D eigenvalue weighted by Crippen LogP contribution is -2.25. The maximum Gasteiger partial charge on any atom is 0.0629 e. The number of hydrogen-bond acceptors (Lipinski definition) is 2. The predicted octanol–water partition coefficient (Wildman–Crippen LogP) is 3.27. The summed E-state index contributed by atoms with van der Waals surface area (Å²) in [6.45, 7) is 6.60. The second-order valence-electron chi connectivity index (χ2n) is 4.92. The lowest BCUT2D eigenvalue weighted by Gasteiger charge is -2.26. The monoisotopic (exact) mass is 218 g/mol. The van der Waals surface area contributed by atoms with Crippen LogP contribution in [0.5, 0.6) is 0 Å². The van der Waals surface area contributed by atoms with Crippen LogP contribution in [0, 0.1) is 13.8 Å². The first-order valence-corrected chi connectivity index (χ1v) is 6.30. The van der Waals surface area contributed by atoms with E-state index in [1.807, 2.05) is 0 Å². The molecule has 0 aromatic heterocycles. The smallest absolute Gasteiger partial charge is 0.0629 e. The van der Waals surface area contributed by atoms with Gasteiger partial charge in [-0.05, 0) is 43.9 Å². The third kappa shape index (κ3) is 2.31. The van der Waals surface area contributed by atoms with E-state index in [4.69, 9.17) is 5.73 Å². The van der Waals surface area contributed by atoms with Crippen molar-refractivity contribution in [1.29, 1.82) is 0 Å². The van der Waals surface area contributed by atoms with Gasteiger partial charge in [0.15, 0.2) is 0 Å². The summed E-state index contributed by atoms with van der Waals surface area (Å²) in [7, 11) is 0. The van der Waals surface area contributed by atoms with Crippen LogP contribution in [-0.2, 0) is 0 Å². The van der Waals surface area contributed by atoms with E-state index >= 15 is 0 Å². The van der Waals surface area contributed by atoms with Crippen LogP contribution in [0.25, 0.3) is 0 Å². The zero-order chi connectivity index (χ0) is 11.5. The van der Waals surface area contributed by atoms with Gasteiger partial charge in [0.2, 0.25) is 0 Å². The van der Waals surface area contributed by atoms with Crippen LogP contribution in [0.3, 0.4) is 0 Å². The zero-order valence-corrected chi connectivity index (χ0v) is 10.4. The summed E-state index contributed by atoms with van der Waals surface area (Å²) in [5.41, 5.74) is 11.0. The molecule has 88 valence electrons. The van der Waals surface area contributed by atoms with Crippen LogP contribution in [0.2, 0.25) is 0 Å². The molecule has 1 fully saturated rings. The van der Waals surface area contributed by atoms with E-state index in [0.29, 0.717) is 0 Å². The number of hydrogen-bond donors (Lipinski definition) is 1. The van der Waals surface area contributed by atoms with Crippen molar-refractivity contribution < 1.29 is 0 Å². The van der Waals surface area contributed by atoms with Gasteiger partial charge in [-0.3, -0.25) is 0 Å². The molecule has 1 heterocycles. The van der Waals surface area contributed by atoms with Crippen molar-refractivity contribution in [2.75, 3.05) is 23.7 Å². The highest BCUT2D eigenvalue weighted by atomic mass is 15.1. The van der Waals surface area contributed by atoms with E-state index < -0.39 is 0 Å². The Kier molecular flexibility index (Phi) is 3.37. The molecule has 2 nitrogen and oxygen atoms in total. The molecule has 0 unspecified atom stereocenters. The second-order valence-corrected chi connectivity index (χ2v) is 4.92. The summed E-state index contributed by atoms with van der Waals surface area (Å²) >= 11 is 0. The number of rotatable bonds is 1. The summed E-state index contributed by atoms with van der Waals surface area (Å²) in [4.78, 5) is 2.47. The zero-order valence-electron chi connectivity index (χ0n) is 10.4. The minimum Gasteiger partial charge on any atom is -0.397 e. The molecule has 0 aliphatic carbocycles. The summed E-state index contributed by atoms with van der Waals surface area (Å²) < 4.78 is 0. The van der Waals surface area contributed by atoms with Gasteiger partial charge in [-0.1, -0.05) is 18.9 Å². The quantitative estimate of drug-likeness (QED) is 0.733. The number of benzene rings is 1. The molecular weight excluding hydrogens is 196 g/mol. The summed E-state index contributed by atoms with van der Waals surface area (Å²) in [6, 6.07) is 4.32. The normalized spacial score (nSPS) is 17.2. The van der Waals surface area contributed by atoms with Crippen molar-refractivity contribution in [2.45, 2.75) is 39.5 Å². The van der Waals surface area contributed by atoms with E-state index in [2.05, 4.69) is 30.9 Å². The average molecular weight is 218 g/mol. The molecule has 2 N–H and O–H groups in total. The van der Waals surface area contributed by atoms with E-state index in [-0.39, 0.29) is 0 Å². The number of anilines is 2. The Morgan fingerprint density at radius 1 is 1.00 bits per heavy atom. The minimum absolute atomic E-state index is 0.944. The standard InChI is InChI=1S/C14H22N2/c1-11-9-12(2)14(13(15)10-11)16-7-5-3-4-6-8-16/h9-10H,3-8,15H2,1-2H3. The molecule has 1 aliphatic heterocycles. The summed E-state index contributed by atoms with van der Waals surface area (Å²) in [5, 5.41) is 0. The molecule has 0 spiro atoms. The molecule has 1 saturated heterocycles. The van der Waals surface area contributed by atoms with Crippen LogP contribution in [0.1, 0.15) is 36.8 Å². The van der Waals surface area contributed by atoms with Gasteiger partial charge in [0.1, 0.15) is 0 Å². The van der Waals surface area contributed by atoms with Gasteiger partial charge in [-0.25, -0.2) is 0 Å². The highest BCUT2D eigenvalue weighted by molar-refractivity contribution is 5.72. The Morgan fingerprint density at radius 3 is 2.19 bits per heavy atom. The summed E-state index contributed by atoms with van der Waals surface area (Å²) in [5.74, 6) is 0. The number of nitrogens with two attached hydrogens (primary N) is 1. The van der Waals surface area contributed by atoms with Gasteiger partial charge < -0.3 is 10.6 Å². The fourth-order valence-electron chi connectivity index (χ4n) is 2.72. The Balaban J connectivity index is 2.31. The molecule has 1 aromatic carbocycles. The van der Waals surface area contributed by atoms with Crippen molar-refractivity contribution in [2.24, 2.45) is 0 Å². The molecule has 2 rings (SSSR count). The van der Waals surface area contributed by atoms with Gasteiger partial charge >= 0.3 is 0 Å². The summed E-state index contributed by atoms with van der Waals surface area (Å²) in [6.07, 6.45) is 5.32. The fraction of sp³-hybridized carbons (Fsp3) is 0.571. The Hall–Kier alpha value is -1.18. The van der Waals surface area contributed by atoms with Crippen molar-refractivity contribution in [3.8, 4) is 0 Å². The van der Waals surface area contributed by atoms with Gasteiger partial charge in [-0.2, -0.15) is 0 Å². The van der Waals surface area contributed by atoms with Crippen LogP contribution in [-0.4, -0.2) is 13.1 Å². The molecule has 1 aromatic rings. The first-order chi connectivity index (χ1) is 7.68. The molecular formula is C14H22N2. The van der Waals surface area contributed by atoms with Crippen molar-refractivity contribution in [3.05, 3.63) is 23.3 Å². The number of aryl methyl sites for hydroxylation is 2. The highest BCUT2D eigenvalue weighted by Gasteiger charge is 2.14. The van der Waals surface area contributed by atoms with Crippen molar-refractivity contribution in [1.82, 2.24) is 0 Å². The lowest BCUT2D eigenvalue weighted by atomic mass is 10.1. The van der Waals surface area contributed by atoms with Crippen molar-refractivity contribution >= 4 is 11.4 Å². The van der Waals surface area contributed by atoms with Crippen molar-refractivity contribution in [3.63, 3.8) is 0 Å². The molecule has 0 bridgehead atoms. The highest BCUT2D eigenvalue weighted by Crippen LogP contribution is 2.30. The Labute approximate surface area is 98.4 Å². The van der Waals surface area contributed by atoms with Crippen LogP contribution >= 0.6 is 0 Å². The average Bonchev–Trinajstić information content (AvgIpc) is 2.44. The topological polar surface area (TPSA) is 29.3 Å². The van der Waals surface area contributed by atoms with Gasteiger partial charge in [0.25, 0.3) is 0 Å². The Bertz CT molecular complexity index is 340. The van der Waals surface area contributed by atoms with Crippen LogP contribution < -0.4 is 10.6 Å². The third-order valence-corrected chi connectivity index (χ3v) is 3.40. The molecule has 1 aliphatic rings. The molecule has 16 heavy (non-hydrogen) atoms. The third-order valence-electron chi connectivity index (χ3n) is 3.40. The number of nitrogens with zero attached hydrogens (tertiary/aromatic N) is 1. The first-order valence-electron chi connectivity index (χ1n) is 6.30. The molecule has 0 atom stereocenters. The maximum absolute atomic E-state index is 6.16. The lowest BCUT2D eigenvalue weighted by molar-refractivity contribution is 0.726. The molecule has 0 amide bonds. The maximum atomic E-state index is 6.16. The fourth-order valence-corrected chi connectivity index (χ4v) is 2.72. The minimum atomic E-state index is 0.944. The van der Waals surface area contributed by atoms with E-state index in [1.54, 1.807) is 0 Å². The number of nitrogen functional groups attached to an aromatic ring is 1. The second kappa shape index (κ2) is 4.77. The van der Waals surface area contributed by atoms with E-state index in [9.17, 15) is 0 Å². The van der Waals surface area contributed by atoms with Gasteiger partial charge in [0.05, 0.1) is 11.4 Å². The molecule has 0 saturated carbocycles.